The molecule has 0 amide bonds. The minimum Gasteiger partial charge on any atom is -0.326 e. The zero-order valence-corrected chi connectivity index (χ0v) is 15.7. The van der Waals surface area contributed by atoms with Gasteiger partial charge in [-0.1, -0.05) is 24.3 Å². The van der Waals surface area contributed by atoms with Crippen molar-refractivity contribution in [3.63, 3.8) is 0 Å². The lowest BCUT2D eigenvalue weighted by Crippen LogP contribution is -2.23. The first kappa shape index (κ1) is 15.7. The van der Waals surface area contributed by atoms with Gasteiger partial charge in [0, 0.05) is 7.05 Å². The number of aromatic nitrogens is 5. The first-order valence-electron chi connectivity index (χ1n) is 8.86. The van der Waals surface area contributed by atoms with Crippen LogP contribution < -0.4 is 5.62 Å². The lowest BCUT2D eigenvalue weighted by Gasteiger charge is -1.94. The van der Waals surface area contributed by atoms with Gasteiger partial charge in [-0.15, -0.1) is 4.79 Å². The van der Waals surface area contributed by atoms with Crippen LogP contribution in [0.3, 0.4) is 0 Å². The Morgan fingerprint density at radius 2 is 1.30 bits per heavy atom. The van der Waals surface area contributed by atoms with Crippen molar-refractivity contribution in [2.45, 2.75) is 6.92 Å². The van der Waals surface area contributed by atoms with Crippen LogP contribution in [0.1, 0.15) is 5.69 Å². The highest BCUT2D eigenvalue weighted by atomic mass is 15.3. The Hall–Kier alpha value is -3.57. The predicted molar refractivity (Wildman–Crippen MR) is 104 cm³/mol. The number of fused-ring (bicyclic) bond motifs is 4. The Balaban J connectivity index is 1.86. The molecule has 0 N–H and O–H groups in total. The van der Waals surface area contributed by atoms with Gasteiger partial charge < -0.3 is 4.57 Å². The second kappa shape index (κ2) is 5.46. The molecular formula is C20H20N7+. The Kier molecular flexibility index (Phi) is 3.17. The Morgan fingerprint density at radius 1 is 0.778 bits per heavy atom. The van der Waals surface area contributed by atoms with Gasteiger partial charge >= 0.3 is 5.62 Å². The number of para-hydroxylation sites is 4. The summed E-state index contributed by atoms with van der Waals surface area (Å²) in [7, 11) is 6.05. The second-order valence-electron chi connectivity index (χ2n) is 6.82. The molecule has 0 aliphatic heterocycles. The molecule has 134 valence electrons. The lowest BCUT2D eigenvalue weighted by atomic mass is 10.3. The standard InChI is InChI=1S/C20H20N7/c1-13-18(19-24(2)16-11-7-8-12-17(16)27(19)23-13)21-22-20-25(3)14-9-5-6-10-15(14)26(20)4/h5-12H,1-4H3/q+1. The molecule has 0 saturated heterocycles. The van der Waals surface area contributed by atoms with Gasteiger partial charge in [0.05, 0.1) is 30.8 Å². The summed E-state index contributed by atoms with van der Waals surface area (Å²) >= 11 is 0. The first-order valence-corrected chi connectivity index (χ1v) is 8.86. The fraction of sp³-hybridized carbons (Fsp3) is 0.200. The third-order valence-electron chi connectivity index (χ3n) is 5.24. The third kappa shape index (κ3) is 2.06. The van der Waals surface area contributed by atoms with E-state index in [9.17, 15) is 0 Å². The van der Waals surface area contributed by atoms with Gasteiger partial charge in [-0.3, -0.25) is 0 Å². The largest absolute Gasteiger partial charge is 0.479 e. The third-order valence-corrected chi connectivity index (χ3v) is 5.24. The van der Waals surface area contributed by atoms with Crippen molar-refractivity contribution in [2.75, 3.05) is 0 Å². The number of aryl methyl sites for hydroxylation is 4. The second-order valence-corrected chi connectivity index (χ2v) is 6.82. The number of benzene rings is 2. The van der Waals surface area contributed by atoms with E-state index < -0.39 is 0 Å². The van der Waals surface area contributed by atoms with Crippen molar-refractivity contribution in [3.8, 4) is 0 Å². The summed E-state index contributed by atoms with van der Waals surface area (Å²) in [6, 6.07) is 16.4. The minimum atomic E-state index is 0.786. The summed E-state index contributed by atoms with van der Waals surface area (Å²) in [4.78, 5) is 4.59. The molecule has 3 heterocycles. The van der Waals surface area contributed by atoms with E-state index in [1.165, 1.54) is 0 Å². The summed E-state index contributed by atoms with van der Waals surface area (Å²) in [5, 5.41) is 9.31. The summed E-state index contributed by atoms with van der Waals surface area (Å²) in [5.74, 6) is 0. The predicted octanol–water partition coefficient (Wildman–Crippen LogP) is 2.86. The van der Waals surface area contributed by atoms with Gasteiger partial charge in [-0.2, -0.15) is 5.10 Å². The summed E-state index contributed by atoms with van der Waals surface area (Å²) in [6.07, 6.45) is 0. The normalized spacial score (nSPS) is 11.6. The van der Waals surface area contributed by atoms with Gasteiger partial charge in [0.1, 0.15) is 11.0 Å². The molecule has 27 heavy (non-hydrogen) atoms. The van der Waals surface area contributed by atoms with Crippen LogP contribution in [0.15, 0.2) is 53.6 Å². The zero-order valence-electron chi connectivity index (χ0n) is 15.7. The molecule has 0 aliphatic rings. The Bertz CT molecular complexity index is 1410. The van der Waals surface area contributed by atoms with E-state index in [0.29, 0.717) is 0 Å². The van der Waals surface area contributed by atoms with E-state index in [1.54, 1.807) is 0 Å². The van der Waals surface area contributed by atoms with E-state index in [2.05, 4.69) is 47.9 Å². The molecule has 7 nitrogen and oxygen atoms in total. The zero-order chi connectivity index (χ0) is 18.7. The molecule has 0 saturated carbocycles. The molecule has 0 fully saturated rings. The highest BCUT2D eigenvalue weighted by Crippen LogP contribution is 2.29. The number of imidazole rings is 2. The molecule has 0 unspecified atom stereocenters. The molecule has 2 aromatic carbocycles. The summed E-state index contributed by atoms with van der Waals surface area (Å²) in [6.45, 7) is 1.97. The SMILES string of the molecule is Cc1nn2c3ccccc3n(C)c2c1N=[N+]=c1n(C)c2ccccc2n1C. The molecule has 5 rings (SSSR count). The van der Waals surface area contributed by atoms with Crippen LogP contribution in [-0.4, -0.2) is 28.1 Å². The molecule has 0 spiro atoms. The van der Waals surface area contributed by atoms with Gasteiger partial charge in [0.2, 0.25) is 0 Å². The maximum absolute atomic E-state index is 4.69. The highest BCUT2D eigenvalue weighted by Gasteiger charge is 2.18. The Morgan fingerprint density at radius 3 is 1.89 bits per heavy atom. The van der Waals surface area contributed by atoms with Gasteiger partial charge in [-0.25, -0.2) is 13.6 Å². The van der Waals surface area contributed by atoms with Crippen molar-refractivity contribution < 1.29 is 4.79 Å². The maximum atomic E-state index is 4.69. The number of nitrogens with zero attached hydrogens (tertiary/aromatic N) is 7. The topological polar surface area (TPSA) is 58.6 Å². The van der Waals surface area contributed by atoms with Gasteiger partial charge in [-0.05, 0) is 36.3 Å². The maximum Gasteiger partial charge on any atom is 0.479 e. The van der Waals surface area contributed by atoms with Gasteiger partial charge in [0.25, 0.3) is 0 Å². The van der Waals surface area contributed by atoms with Gasteiger partial charge in [0.15, 0.2) is 11.3 Å². The Labute approximate surface area is 155 Å². The molecule has 0 atom stereocenters. The monoisotopic (exact) mass is 358 g/mol. The van der Waals surface area contributed by atoms with Crippen molar-refractivity contribution in [2.24, 2.45) is 26.3 Å². The first-order chi connectivity index (χ1) is 13.1. The van der Waals surface area contributed by atoms with E-state index in [1.807, 2.05) is 56.8 Å². The van der Waals surface area contributed by atoms with Crippen LogP contribution in [0.5, 0.6) is 0 Å². The van der Waals surface area contributed by atoms with Crippen LogP contribution in [0.2, 0.25) is 0 Å². The van der Waals surface area contributed by atoms with E-state index in [-0.39, 0.29) is 0 Å². The van der Waals surface area contributed by atoms with E-state index in [4.69, 9.17) is 5.10 Å². The summed E-state index contributed by atoms with van der Waals surface area (Å²) < 4.78 is 8.17. The molecule has 0 aliphatic carbocycles. The highest BCUT2D eigenvalue weighted by molar-refractivity contribution is 5.85. The average Bonchev–Trinajstić information content (AvgIpc) is 3.24. The minimum absolute atomic E-state index is 0.786. The van der Waals surface area contributed by atoms with Crippen LogP contribution in [0.25, 0.3) is 27.7 Å². The number of hydrogen-bond donors (Lipinski definition) is 0. The lowest BCUT2D eigenvalue weighted by molar-refractivity contribution is -0.150. The van der Waals surface area contributed by atoms with Crippen molar-refractivity contribution in [3.05, 3.63) is 59.8 Å². The number of hydrogen-bond acceptors (Lipinski definition) is 2. The molecule has 0 bridgehead atoms. The van der Waals surface area contributed by atoms with Crippen LogP contribution in [0.4, 0.5) is 5.69 Å². The fourth-order valence-corrected chi connectivity index (χ4v) is 3.83. The van der Waals surface area contributed by atoms with Crippen molar-refractivity contribution in [1.82, 2.24) is 23.3 Å². The molecule has 7 heteroatoms. The van der Waals surface area contributed by atoms with Crippen molar-refractivity contribution in [1.29, 1.82) is 0 Å². The van der Waals surface area contributed by atoms with Crippen LogP contribution in [-0.2, 0) is 21.1 Å². The molecule has 3 aromatic heterocycles. The fourth-order valence-electron chi connectivity index (χ4n) is 3.83. The van der Waals surface area contributed by atoms with E-state index in [0.717, 1.165) is 44.7 Å². The molecule has 5 aromatic rings. The summed E-state index contributed by atoms with van der Waals surface area (Å²) in [5.41, 5.74) is 7.80. The van der Waals surface area contributed by atoms with Crippen LogP contribution in [0, 0.1) is 6.92 Å². The van der Waals surface area contributed by atoms with Crippen molar-refractivity contribution >= 4 is 33.4 Å². The average molecular weight is 358 g/mol. The smallest absolute Gasteiger partial charge is 0.326 e. The quantitative estimate of drug-likeness (QED) is 0.336. The molecule has 0 radical (unpaired) electrons. The van der Waals surface area contributed by atoms with Crippen LogP contribution >= 0.6 is 0 Å². The number of rotatable bonds is 1. The molecular weight excluding hydrogens is 338 g/mol. The van der Waals surface area contributed by atoms with E-state index >= 15 is 0 Å².